The molecular weight excluding hydrogens is 408 g/mol. The Kier molecular flexibility index (Phi) is 5.64. The summed E-state index contributed by atoms with van der Waals surface area (Å²) in [4.78, 5) is 27.4. The summed E-state index contributed by atoms with van der Waals surface area (Å²) in [7, 11) is 0. The zero-order chi connectivity index (χ0) is 22.8. The van der Waals surface area contributed by atoms with Crippen LogP contribution in [0, 0.1) is 13.8 Å². The molecule has 0 saturated carbocycles. The van der Waals surface area contributed by atoms with E-state index >= 15 is 0 Å². The second-order valence-corrected chi connectivity index (χ2v) is 7.50. The van der Waals surface area contributed by atoms with Gasteiger partial charge < -0.3 is 14.4 Å². The highest BCUT2D eigenvalue weighted by molar-refractivity contribution is 6.51. The van der Waals surface area contributed by atoms with E-state index in [0.29, 0.717) is 29.2 Å². The van der Waals surface area contributed by atoms with E-state index in [2.05, 4.69) is 11.7 Å². The minimum Gasteiger partial charge on any atom is -0.507 e. The first kappa shape index (κ1) is 21.1. The van der Waals surface area contributed by atoms with E-state index < -0.39 is 17.7 Å². The predicted octanol–water partition coefficient (Wildman–Crippen LogP) is 4.48. The molecule has 1 aliphatic heterocycles. The van der Waals surface area contributed by atoms with E-state index in [1.165, 1.54) is 4.90 Å². The molecule has 0 radical (unpaired) electrons. The van der Waals surface area contributed by atoms with Gasteiger partial charge in [0.2, 0.25) is 0 Å². The third-order valence-electron chi connectivity index (χ3n) is 5.17. The zero-order valence-corrected chi connectivity index (χ0v) is 17.7. The Morgan fingerprint density at radius 1 is 1.19 bits per heavy atom. The van der Waals surface area contributed by atoms with Crippen molar-refractivity contribution >= 4 is 23.3 Å². The van der Waals surface area contributed by atoms with E-state index in [4.69, 9.17) is 9.26 Å². The molecule has 0 spiro atoms. The Balaban J connectivity index is 1.90. The maximum absolute atomic E-state index is 13.1. The highest BCUT2D eigenvalue weighted by Crippen LogP contribution is 2.42. The van der Waals surface area contributed by atoms with Crippen LogP contribution in [-0.2, 0) is 9.59 Å². The lowest BCUT2D eigenvalue weighted by Crippen LogP contribution is -2.29. The van der Waals surface area contributed by atoms with Gasteiger partial charge in [0.25, 0.3) is 5.78 Å². The summed E-state index contributed by atoms with van der Waals surface area (Å²) in [6.07, 6.45) is 1.62. The number of benzene rings is 2. The number of carbonyl (C=O) groups excluding carboxylic acids is 2. The minimum absolute atomic E-state index is 0.0274. The molecule has 1 N–H and O–H groups in total. The molecule has 2 aromatic carbocycles. The fourth-order valence-electron chi connectivity index (χ4n) is 3.65. The predicted molar refractivity (Wildman–Crippen MR) is 119 cm³/mol. The number of hydrogen-bond donors (Lipinski definition) is 1. The third-order valence-corrected chi connectivity index (χ3v) is 5.17. The van der Waals surface area contributed by atoms with Gasteiger partial charge in [0.05, 0.1) is 11.6 Å². The maximum atomic E-state index is 13.1. The van der Waals surface area contributed by atoms with E-state index in [-0.39, 0.29) is 17.2 Å². The van der Waals surface area contributed by atoms with Crippen molar-refractivity contribution in [1.29, 1.82) is 0 Å². The summed E-state index contributed by atoms with van der Waals surface area (Å²) >= 11 is 0. The van der Waals surface area contributed by atoms with Gasteiger partial charge in [0.1, 0.15) is 23.9 Å². The lowest BCUT2D eigenvalue weighted by atomic mass is 9.95. The van der Waals surface area contributed by atoms with Crippen LogP contribution in [0.15, 0.2) is 77.3 Å². The molecule has 1 atom stereocenters. The molecule has 2 heterocycles. The molecule has 1 amide bonds. The van der Waals surface area contributed by atoms with Crippen molar-refractivity contribution in [2.45, 2.75) is 19.9 Å². The number of aromatic nitrogens is 1. The Labute approximate surface area is 185 Å². The number of Topliss-reactive ketones (excluding diaryl/α,β-unsaturated/α-hetero) is 1. The van der Waals surface area contributed by atoms with E-state index in [0.717, 1.165) is 5.56 Å². The number of hydrogen-bond acceptors (Lipinski definition) is 6. The molecule has 1 fully saturated rings. The second-order valence-electron chi connectivity index (χ2n) is 7.50. The molecular formula is C25H22N2O5. The van der Waals surface area contributed by atoms with Gasteiger partial charge in [0.15, 0.2) is 5.82 Å². The lowest BCUT2D eigenvalue weighted by Gasteiger charge is -2.23. The van der Waals surface area contributed by atoms with Gasteiger partial charge in [-0.1, -0.05) is 59.8 Å². The van der Waals surface area contributed by atoms with Crippen LogP contribution in [0.3, 0.4) is 0 Å². The SMILES string of the molecule is C=CCOc1cccc(C2/C(=C(\O)c3ccc(C)cc3)C(=O)C(=O)N2c2cc(C)on2)c1. The number of aliphatic hydroxyl groups excluding tert-OH is 1. The van der Waals surface area contributed by atoms with Crippen LogP contribution in [0.5, 0.6) is 5.75 Å². The number of aryl methyl sites for hydroxylation is 2. The fraction of sp³-hybridized carbons (Fsp3) is 0.160. The lowest BCUT2D eigenvalue weighted by molar-refractivity contribution is -0.132. The first-order valence-electron chi connectivity index (χ1n) is 10.1. The van der Waals surface area contributed by atoms with Gasteiger partial charge in [-0.2, -0.15) is 0 Å². The summed E-state index contributed by atoms with van der Waals surface area (Å²) in [6.45, 7) is 7.56. The van der Waals surface area contributed by atoms with Crippen LogP contribution in [0.25, 0.3) is 5.76 Å². The third kappa shape index (κ3) is 3.80. The molecule has 32 heavy (non-hydrogen) atoms. The van der Waals surface area contributed by atoms with Gasteiger partial charge in [-0.15, -0.1) is 0 Å². The van der Waals surface area contributed by atoms with Crippen LogP contribution in [0.2, 0.25) is 0 Å². The van der Waals surface area contributed by atoms with Crippen LogP contribution < -0.4 is 9.64 Å². The second kappa shape index (κ2) is 8.55. The number of ketones is 1. The molecule has 7 heteroatoms. The number of nitrogens with zero attached hydrogens (tertiary/aromatic N) is 2. The average molecular weight is 430 g/mol. The molecule has 7 nitrogen and oxygen atoms in total. The number of carbonyl (C=O) groups is 2. The standard InChI is InChI=1S/C25H22N2O5/c1-4-12-31-19-7-5-6-18(14-19)22-21(23(28)17-10-8-15(2)9-11-17)24(29)25(30)27(22)20-13-16(3)32-26-20/h4-11,13-14,22,28H,1,12H2,2-3H3/b23-21+. The van der Waals surface area contributed by atoms with Crippen LogP contribution in [0.4, 0.5) is 5.82 Å². The van der Waals surface area contributed by atoms with Crippen LogP contribution in [-0.4, -0.2) is 28.6 Å². The topological polar surface area (TPSA) is 92.9 Å². The average Bonchev–Trinajstić information content (AvgIpc) is 3.33. The number of anilines is 1. The van der Waals surface area contributed by atoms with E-state index in [9.17, 15) is 14.7 Å². The van der Waals surface area contributed by atoms with Gasteiger partial charge in [-0.05, 0) is 31.5 Å². The highest BCUT2D eigenvalue weighted by atomic mass is 16.5. The van der Waals surface area contributed by atoms with Crippen molar-refractivity contribution in [3.8, 4) is 5.75 Å². The number of rotatable bonds is 6. The molecule has 0 aliphatic carbocycles. The van der Waals surface area contributed by atoms with Gasteiger partial charge in [-0.3, -0.25) is 14.5 Å². The van der Waals surface area contributed by atoms with E-state index in [1.807, 2.05) is 19.1 Å². The molecule has 1 unspecified atom stereocenters. The van der Waals surface area contributed by atoms with Crippen LogP contribution >= 0.6 is 0 Å². The minimum atomic E-state index is -0.909. The summed E-state index contributed by atoms with van der Waals surface area (Å²) in [5, 5.41) is 15.0. The molecule has 1 aromatic heterocycles. The summed E-state index contributed by atoms with van der Waals surface area (Å²) in [5.41, 5.74) is 2.00. The number of ether oxygens (including phenoxy) is 1. The van der Waals surface area contributed by atoms with Gasteiger partial charge >= 0.3 is 5.91 Å². The quantitative estimate of drug-likeness (QED) is 0.268. The normalized spacial score (nSPS) is 17.6. The van der Waals surface area contributed by atoms with Crippen molar-refractivity contribution in [3.05, 3.63) is 95.3 Å². The largest absolute Gasteiger partial charge is 0.507 e. The van der Waals surface area contributed by atoms with Crippen molar-refractivity contribution < 1.29 is 24.0 Å². The number of amides is 1. The molecule has 1 aliphatic rings. The zero-order valence-electron chi connectivity index (χ0n) is 17.7. The summed E-state index contributed by atoms with van der Waals surface area (Å²) in [6, 6.07) is 14.7. The molecule has 1 saturated heterocycles. The summed E-state index contributed by atoms with van der Waals surface area (Å²) < 4.78 is 10.8. The monoisotopic (exact) mass is 430 g/mol. The van der Waals surface area contributed by atoms with E-state index in [1.54, 1.807) is 55.5 Å². The molecule has 162 valence electrons. The van der Waals surface area contributed by atoms with Crippen molar-refractivity contribution in [3.63, 3.8) is 0 Å². The first-order chi connectivity index (χ1) is 15.4. The summed E-state index contributed by atoms with van der Waals surface area (Å²) in [5.74, 6) is -0.633. The smallest absolute Gasteiger partial charge is 0.301 e. The van der Waals surface area contributed by atoms with Crippen molar-refractivity contribution in [2.75, 3.05) is 11.5 Å². The Morgan fingerprint density at radius 3 is 2.59 bits per heavy atom. The van der Waals surface area contributed by atoms with Gasteiger partial charge in [0, 0.05) is 11.6 Å². The maximum Gasteiger partial charge on any atom is 0.301 e. The fourth-order valence-corrected chi connectivity index (χ4v) is 3.65. The Morgan fingerprint density at radius 2 is 1.94 bits per heavy atom. The molecule has 3 aromatic rings. The highest BCUT2D eigenvalue weighted by Gasteiger charge is 2.48. The van der Waals surface area contributed by atoms with Crippen molar-refractivity contribution in [1.82, 2.24) is 5.16 Å². The Bertz CT molecular complexity index is 1220. The van der Waals surface area contributed by atoms with Crippen molar-refractivity contribution in [2.24, 2.45) is 0 Å². The first-order valence-corrected chi connectivity index (χ1v) is 10.1. The van der Waals surface area contributed by atoms with Gasteiger partial charge in [-0.25, -0.2) is 0 Å². The molecule has 4 rings (SSSR count). The molecule has 0 bridgehead atoms. The Hall–Kier alpha value is -4.13. The van der Waals surface area contributed by atoms with Crippen LogP contribution in [0.1, 0.15) is 28.5 Å². The number of aliphatic hydroxyl groups is 1.